The Morgan fingerprint density at radius 3 is 2.78 bits per heavy atom. The highest BCUT2D eigenvalue weighted by Crippen LogP contribution is 2.36. The SMILES string of the molecule is O=C(OC[C@@H]1C[C@H](F)[C@](O)(Br)O1)c1ccccc1. The van der Waals surface area contributed by atoms with E-state index in [0.717, 1.165) is 0 Å². The predicted octanol–water partition coefficient (Wildman–Crippen LogP) is 2.01. The first-order valence-electron chi connectivity index (χ1n) is 5.44. The standard InChI is InChI=1S/C12H12BrFO4/c13-12(16)10(14)6-9(18-12)7-17-11(15)8-4-2-1-3-5-8/h1-5,9-10,16H,6-7H2/t9-,10-,12+/m0/s1. The van der Waals surface area contributed by atoms with Crippen molar-refractivity contribution in [3.05, 3.63) is 35.9 Å². The van der Waals surface area contributed by atoms with Crippen molar-refractivity contribution in [3.63, 3.8) is 0 Å². The highest BCUT2D eigenvalue weighted by atomic mass is 79.9. The largest absolute Gasteiger partial charge is 0.459 e. The maximum atomic E-state index is 13.2. The summed E-state index contributed by atoms with van der Waals surface area (Å²) in [5, 5.41) is 9.39. The lowest BCUT2D eigenvalue weighted by molar-refractivity contribution is -0.144. The monoisotopic (exact) mass is 318 g/mol. The van der Waals surface area contributed by atoms with Crippen molar-refractivity contribution in [2.75, 3.05) is 6.61 Å². The van der Waals surface area contributed by atoms with Gasteiger partial charge in [0.1, 0.15) is 6.61 Å². The highest BCUT2D eigenvalue weighted by Gasteiger charge is 2.46. The average molecular weight is 319 g/mol. The number of aliphatic hydroxyl groups is 1. The number of esters is 1. The molecule has 2 rings (SSSR count). The predicted molar refractivity (Wildman–Crippen MR) is 65.0 cm³/mol. The molecule has 3 atom stereocenters. The summed E-state index contributed by atoms with van der Waals surface area (Å²) < 4.78 is 21.2. The lowest BCUT2D eigenvalue weighted by atomic mass is 10.2. The van der Waals surface area contributed by atoms with Crippen molar-refractivity contribution < 1.29 is 23.8 Å². The fourth-order valence-corrected chi connectivity index (χ4v) is 2.11. The van der Waals surface area contributed by atoms with Crippen LogP contribution in [0.2, 0.25) is 0 Å². The van der Waals surface area contributed by atoms with Crippen LogP contribution in [0.1, 0.15) is 16.8 Å². The summed E-state index contributed by atoms with van der Waals surface area (Å²) in [6.45, 7) is -0.0952. The number of ether oxygens (including phenoxy) is 2. The number of carbonyl (C=O) groups excluding carboxylic acids is 1. The number of hydrogen-bond donors (Lipinski definition) is 1. The molecule has 6 heteroatoms. The summed E-state index contributed by atoms with van der Waals surface area (Å²) in [5.41, 5.74) is 0.418. The maximum absolute atomic E-state index is 13.2. The topological polar surface area (TPSA) is 55.8 Å². The van der Waals surface area contributed by atoms with Gasteiger partial charge < -0.3 is 14.6 Å². The van der Waals surface area contributed by atoms with Gasteiger partial charge in [-0.05, 0) is 28.1 Å². The van der Waals surface area contributed by atoms with Crippen LogP contribution in [0, 0.1) is 0 Å². The van der Waals surface area contributed by atoms with Crippen LogP contribution >= 0.6 is 15.9 Å². The van der Waals surface area contributed by atoms with Gasteiger partial charge in [0.2, 0.25) is 0 Å². The second kappa shape index (κ2) is 5.34. The number of hydrogen-bond acceptors (Lipinski definition) is 4. The third kappa shape index (κ3) is 3.07. The average Bonchev–Trinajstić information content (AvgIpc) is 2.61. The Balaban J connectivity index is 1.85. The van der Waals surface area contributed by atoms with Crippen molar-refractivity contribution in [1.82, 2.24) is 0 Å². The molecule has 0 aliphatic carbocycles. The third-order valence-corrected chi connectivity index (χ3v) is 3.28. The molecule has 0 amide bonds. The molecule has 0 radical (unpaired) electrons. The molecule has 0 bridgehead atoms. The van der Waals surface area contributed by atoms with Crippen molar-refractivity contribution >= 4 is 21.9 Å². The molecule has 1 aromatic rings. The van der Waals surface area contributed by atoms with E-state index in [1.165, 1.54) is 0 Å². The van der Waals surface area contributed by atoms with Crippen LogP contribution in [0.25, 0.3) is 0 Å². The van der Waals surface area contributed by atoms with Gasteiger partial charge in [-0.15, -0.1) is 0 Å². The first-order valence-corrected chi connectivity index (χ1v) is 6.23. The Bertz CT molecular complexity index is 423. The van der Waals surface area contributed by atoms with Crippen LogP contribution in [-0.4, -0.2) is 34.7 Å². The van der Waals surface area contributed by atoms with E-state index < -0.39 is 22.9 Å². The second-order valence-electron chi connectivity index (χ2n) is 4.02. The van der Waals surface area contributed by atoms with E-state index in [2.05, 4.69) is 15.9 Å². The Morgan fingerprint density at radius 1 is 1.56 bits per heavy atom. The van der Waals surface area contributed by atoms with E-state index in [-0.39, 0.29) is 13.0 Å². The Hall–Kier alpha value is -0.980. The van der Waals surface area contributed by atoms with Crippen LogP contribution in [0.3, 0.4) is 0 Å². The minimum absolute atomic E-state index is 0.0240. The van der Waals surface area contributed by atoms with Gasteiger partial charge in [0.25, 0.3) is 4.70 Å². The maximum Gasteiger partial charge on any atom is 0.338 e. The van der Waals surface area contributed by atoms with Crippen LogP contribution in [0.5, 0.6) is 0 Å². The molecule has 1 heterocycles. The van der Waals surface area contributed by atoms with Gasteiger partial charge in [-0.2, -0.15) is 0 Å². The third-order valence-electron chi connectivity index (χ3n) is 2.60. The molecule has 1 aromatic carbocycles. The van der Waals surface area contributed by atoms with E-state index in [0.29, 0.717) is 5.56 Å². The van der Waals surface area contributed by atoms with E-state index >= 15 is 0 Å². The normalized spacial score (nSPS) is 31.3. The zero-order chi connectivity index (χ0) is 13.2. The lowest BCUT2D eigenvalue weighted by Crippen LogP contribution is -2.29. The molecule has 1 aliphatic heterocycles. The number of alkyl halides is 2. The smallest absolute Gasteiger partial charge is 0.338 e. The molecular formula is C12H12BrFO4. The van der Waals surface area contributed by atoms with Gasteiger partial charge in [0.05, 0.1) is 11.7 Å². The summed E-state index contributed by atoms with van der Waals surface area (Å²) in [7, 11) is 0. The molecule has 1 N–H and O–H groups in total. The van der Waals surface area contributed by atoms with Crippen LogP contribution in [-0.2, 0) is 9.47 Å². The molecule has 1 saturated heterocycles. The minimum Gasteiger partial charge on any atom is -0.459 e. The van der Waals surface area contributed by atoms with Crippen LogP contribution in [0.4, 0.5) is 4.39 Å². The van der Waals surface area contributed by atoms with Gasteiger partial charge in [0.15, 0.2) is 6.17 Å². The summed E-state index contributed by atoms with van der Waals surface area (Å²) >= 11 is 2.72. The second-order valence-corrected chi connectivity index (χ2v) is 5.15. The molecular weight excluding hydrogens is 307 g/mol. The minimum atomic E-state index is -1.98. The van der Waals surface area contributed by atoms with E-state index in [1.807, 2.05) is 0 Å². The number of rotatable bonds is 3. The highest BCUT2D eigenvalue weighted by molar-refractivity contribution is 9.10. The number of benzene rings is 1. The van der Waals surface area contributed by atoms with Gasteiger partial charge in [0, 0.05) is 6.42 Å². The van der Waals surface area contributed by atoms with Crippen molar-refractivity contribution in [2.24, 2.45) is 0 Å². The fraction of sp³-hybridized carbons (Fsp3) is 0.417. The van der Waals surface area contributed by atoms with Crippen LogP contribution < -0.4 is 0 Å². The van der Waals surface area contributed by atoms with Crippen molar-refractivity contribution in [2.45, 2.75) is 23.4 Å². The zero-order valence-corrected chi connectivity index (χ0v) is 11.0. The van der Waals surface area contributed by atoms with E-state index in [4.69, 9.17) is 9.47 Å². The number of halogens is 2. The molecule has 4 nitrogen and oxygen atoms in total. The lowest BCUT2D eigenvalue weighted by Gasteiger charge is -2.16. The molecule has 98 valence electrons. The van der Waals surface area contributed by atoms with Gasteiger partial charge >= 0.3 is 5.97 Å². The fourth-order valence-electron chi connectivity index (χ4n) is 1.66. The summed E-state index contributed by atoms with van der Waals surface area (Å²) in [4.78, 5) is 11.6. The van der Waals surface area contributed by atoms with Gasteiger partial charge in [-0.3, -0.25) is 0 Å². The molecule has 1 aliphatic rings. The van der Waals surface area contributed by atoms with E-state index in [9.17, 15) is 14.3 Å². The van der Waals surface area contributed by atoms with Crippen molar-refractivity contribution in [3.8, 4) is 0 Å². The molecule has 0 saturated carbocycles. The quantitative estimate of drug-likeness (QED) is 0.684. The summed E-state index contributed by atoms with van der Waals surface area (Å²) in [5.74, 6) is -0.500. The van der Waals surface area contributed by atoms with Gasteiger partial charge in [-0.25, -0.2) is 9.18 Å². The zero-order valence-electron chi connectivity index (χ0n) is 9.38. The summed E-state index contributed by atoms with van der Waals surface area (Å²) in [6.07, 6.45) is -2.22. The summed E-state index contributed by atoms with van der Waals surface area (Å²) in [6, 6.07) is 8.47. The first kappa shape index (κ1) is 13.5. The van der Waals surface area contributed by atoms with E-state index in [1.54, 1.807) is 30.3 Å². The molecule has 0 unspecified atom stereocenters. The molecule has 18 heavy (non-hydrogen) atoms. The molecule has 0 aromatic heterocycles. The van der Waals surface area contributed by atoms with Crippen molar-refractivity contribution in [1.29, 1.82) is 0 Å². The first-order chi connectivity index (χ1) is 8.49. The molecule has 0 spiro atoms. The Labute approximate surface area is 112 Å². The van der Waals surface area contributed by atoms with Crippen LogP contribution in [0.15, 0.2) is 30.3 Å². The Morgan fingerprint density at radius 2 is 2.22 bits per heavy atom. The van der Waals surface area contributed by atoms with Gasteiger partial charge in [-0.1, -0.05) is 18.2 Å². The molecule has 1 fully saturated rings. The Kier molecular flexibility index (Phi) is 3.99. The number of carbonyl (C=O) groups is 1.